The van der Waals surface area contributed by atoms with Crippen molar-refractivity contribution in [2.24, 2.45) is 0 Å². The third-order valence-corrected chi connectivity index (χ3v) is 7.94. The number of halogens is 2. The molecule has 0 atom stereocenters. The highest BCUT2D eigenvalue weighted by atomic mass is 32.2. The van der Waals surface area contributed by atoms with E-state index in [4.69, 9.17) is 0 Å². The number of para-hydroxylation sites is 2. The number of sulfonamides is 1. The van der Waals surface area contributed by atoms with Gasteiger partial charge in [-0.2, -0.15) is 0 Å². The third kappa shape index (κ3) is 4.60. The molecule has 0 bridgehead atoms. The third-order valence-electron chi connectivity index (χ3n) is 4.57. The van der Waals surface area contributed by atoms with Crippen LogP contribution in [0.2, 0.25) is 0 Å². The van der Waals surface area contributed by atoms with Crippen LogP contribution in [0.25, 0.3) is 0 Å². The Morgan fingerprint density at radius 3 is 2.30 bits per heavy atom. The molecule has 0 aliphatic carbocycles. The number of nitrogens with one attached hydrogen (secondary N) is 1. The molecule has 148 valence electrons. The quantitative estimate of drug-likeness (QED) is 0.759. The van der Waals surface area contributed by atoms with Crippen molar-refractivity contribution in [3.63, 3.8) is 0 Å². The molecule has 1 saturated heterocycles. The van der Waals surface area contributed by atoms with Crippen LogP contribution < -0.4 is 9.62 Å². The Labute approximate surface area is 163 Å². The molecule has 1 N–H and O–H groups in total. The largest absolute Gasteiger partial charge is 0.369 e. The van der Waals surface area contributed by atoms with E-state index in [1.165, 1.54) is 11.3 Å². The number of hydrogen-bond donors (Lipinski definition) is 1. The summed E-state index contributed by atoms with van der Waals surface area (Å²) < 4.78 is 55.5. The van der Waals surface area contributed by atoms with Gasteiger partial charge in [0.15, 0.2) is 0 Å². The van der Waals surface area contributed by atoms with Crippen molar-refractivity contribution in [3.05, 3.63) is 41.3 Å². The number of piperidine rings is 1. The van der Waals surface area contributed by atoms with Crippen molar-refractivity contribution in [2.75, 3.05) is 22.7 Å². The first-order valence-corrected chi connectivity index (χ1v) is 11.1. The highest BCUT2D eigenvalue weighted by molar-refractivity contribution is 7.94. The monoisotopic (exact) mass is 414 g/mol. The van der Waals surface area contributed by atoms with Gasteiger partial charge in [0.1, 0.15) is 4.21 Å². The average molecular weight is 415 g/mol. The zero-order valence-corrected chi connectivity index (χ0v) is 17.3. The Morgan fingerprint density at radius 1 is 1.07 bits per heavy atom. The first kappa shape index (κ1) is 20.1. The van der Waals surface area contributed by atoms with Gasteiger partial charge in [0, 0.05) is 30.8 Å². The van der Waals surface area contributed by atoms with Gasteiger partial charge in [-0.05, 0) is 29.7 Å². The van der Waals surface area contributed by atoms with Gasteiger partial charge < -0.3 is 4.90 Å². The summed E-state index contributed by atoms with van der Waals surface area (Å²) in [6.45, 7) is 6.48. The van der Waals surface area contributed by atoms with Crippen molar-refractivity contribution in [1.82, 2.24) is 0 Å². The topological polar surface area (TPSA) is 49.4 Å². The highest BCUT2D eigenvalue weighted by Gasteiger charge is 2.34. The first-order valence-electron chi connectivity index (χ1n) is 8.83. The summed E-state index contributed by atoms with van der Waals surface area (Å²) in [5.41, 5.74) is 0.910. The lowest BCUT2D eigenvalue weighted by Crippen LogP contribution is -2.39. The molecule has 2 heterocycles. The maximum absolute atomic E-state index is 13.4. The van der Waals surface area contributed by atoms with Crippen LogP contribution in [0, 0.1) is 0 Å². The fraction of sp³-hybridized carbons (Fsp3) is 0.474. The van der Waals surface area contributed by atoms with Crippen molar-refractivity contribution in [3.8, 4) is 0 Å². The lowest BCUT2D eigenvalue weighted by molar-refractivity contribution is -0.0220. The summed E-state index contributed by atoms with van der Waals surface area (Å²) in [7, 11) is -3.74. The zero-order valence-electron chi connectivity index (χ0n) is 15.6. The molecule has 0 unspecified atom stereocenters. The lowest BCUT2D eigenvalue weighted by atomic mass is 9.95. The molecule has 4 nitrogen and oxygen atoms in total. The molecule has 1 fully saturated rings. The molecular formula is C19H24F2N2O2S2. The highest BCUT2D eigenvalue weighted by Crippen LogP contribution is 2.36. The van der Waals surface area contributed by atoms with E-state index in [1.54, 1.807) is 30.3 Å². The van der Waals surface area contributed by atoms with Gasteiger partial charge in [0.05, 0.1) is 11.4 Å². The van der Waals surface area contributed by atoms with E-state index in [9.17, 15) is 17.2 Å². The van der Waals surface area contributed by atoms with Crippen molar-refractivity contribution >= 4 is 32.7 Å². The summed E-state index contributed by atoms with van der Waals surface area (Å²) in [5.74, 6) is -2.65. The predicted octanol–water partition coefficient (Wildman–Crippen LogP) is 5.08. The van der Waals surface area contributed by atoms with E-state index in [2.05, 4.69) is 4.72 Å². The van der Waals surface area contributed by atoms with Crippen LogP contribution in [0.3, 0.4) is 0 Å². The average Bonchev–Trinajstić information content (AvgIpc) is 3.07. The number of nitrogens with zero attached hydrogens (tertiary/aromatic N) is 1. The second kappa shape index (κ2) is 7.05. The number of hydrogen-bond acceptors (Lipinski definition) is 4. The van der Waals surface area contributed by atoms with E-state index in [0.717, 1.165) is 4.88 Å². The maximum atomic E-state index is 13.4. The van der Waals surface area contributed by atoms with Crippen molar-refractivity contribution in [2.45, 2.75) is 49.2 Å². The van der Waals surface area contributed by atoms with Gasteiger partial charge in [0.2, 0.25) is 0 Å². The molecule has 2 aromatic rings. The fourth-order valence-corrected chi connectivity index (χ4v) is 5.41. The normalized spacial score (nSPS) is 17.7. The van der Waals surface area contributed by atoms with Crippen LogP contribution in [0.4, 0.5) is 20.2 Å². The minimum Gasteiger partial charge on any atom is -0.369 e. The second-order valence-electron chi connectivity index (χ2n) is 7.83. The summed E-state index contributed by atoms with van der Waals surface area (Å²) in [6.07, 6.45) is -0.456. The molecule has 27 heavy (non-hydrogen) atoms. The van der Waals surface area contributed by atoms with Crippen LogP contribution >= 0.6 is 11.3 Å². The number of anilines is 2. The smallest absolute Gasteiger partial charge is 0.271 e. The van der Waals surface area contributed by atoms with Gasteiger partial charge in [0.25, 0.3) is 15.9 Å². The molecule has 8 heteroatoms. The standard InChI is InChI=1S/C19H24F2N2O2S2/c1-18(2,3)16-8-9-17(26-16)27(24,25)22-14-6-4-5-7-15(14)23-12-10-19(20,21)11-13-23/h4-9,22H,10-13H2,1-3H3. The predicted molar refractivity (Wildman–Crippen MR) is 107 cm³/mol. The van der Waals surface area contributed by atoms with Crippen LogP contribution in [0.1, 0.15) is 38.5 Å². The van der Waals surface area contributed by atoms with Crippen LogP contribution in [-0.4, -0.2) is 27.4 Å². The van der Waals surface area contributed by atoms with Crippen LogP contribution in [-0.2, 0) is 15.4 Å². The first-order chi connectivity index (χ1) is 12.5. The molecule has 1 aliphatic heterocycles. The molecule has 3 rings (SSSR count). The van der Waals surface area contributed by atoms with Gasteiger partial charge in [-0.25, -0.2) is 17.2 Å². The van der Waals surface area contributed by atoms with Crippen molar-refractivity contribution in [1.29, 1.82) is 0 Å². The fourth-order valence-electron chi connectivity index (χ4n) is 2.97. The molecular weight excluding hydrogens is 390 g/mol. The summed E-state index contributed by atoms with van der Waals surface area (Å²) in [5, 5.41) is 0. The number of alkyl halides is 2. The number of rotatable bonds is 4. The van der Waals surface area contributed by atoms with Gasteiger partial charge in [-0.15, -0.1) is 11.3 Å². The van der Waals surface area contributed by atoms with Crippen molar-refractivity contribution < 1.29 is 17.2 Å². The van der Waals surface area contributed by atoms with E-state index in [-0.39, 0.29) is 35.6 Å². The van der Waals surface area contributed by atoms with Gasteiger partial charge in [-0.1, -0.05) is 32.9 Å². The molecule has 1 aliphatic rings. The molecule has 1 aromatic heterocycles. The minimum absolute atomic E-state index is 0.130. The summed E-state index contributed by atoms with van der Waals surface area (Å²) in [4.78, 5) is 2.79. The Balaban J connectivity index is 1.84. The van der Waals surface area contributed by atoms with E-state index >= 15 is 0 Å². The molecule has 1 aromatic carbocycles. The SMILES string of the molecule is CC(C)(C)c1ccc(S(=O)(=O)Nc2ccccc2N2CCC(F)(F)CC2)s1. The number of benzene rings is 1. The summed E-state index contributed by atoms with van der Waals surface area (Å²) in [6, 6.07) is 10.4. The molecule has 0 saturated carbocycles. The molecule has 0 amide bonds. The van der Waals surface area contributed by atoms with E-state index in [0.29, 0.717) is 11.4 Å². The Morgan fingerprint density at radius 2 is 1.70 bits per heavy atom. The Bertz CT molecular complexity index is 908. The Hall–Kier alpha value is -1.67. The second-order valence-corrected chi connectivity index (χ2v) is 10.8. The van der Waals surface area contributed by atoms with Gasteiger partial charge in [-0.3, -0.25) is 4.72 Å². The molecule has 0 radical (unpaired) electrons. The Kier molecular flexibility index (Phi) is 5.24. The lowest BCUT2D eigenvalue weighted by Gasteiger charge is -2.34. The number of thiophene rings is 1. The van der Waals surface area contributed by atoms with E-state index < -0.39 is 15.9 Å². The summed E-state index contributed by atoms with van der Waals surface area (Å²) >= 11 is 1.24. The molecule has 0 spiro atoms. The van der Waals surface area contributed by atoms with Crippen LogP contribution in [0.5, 0.6) is 0 Å². The van der Waals surface area contributed by atoms with E-state index in [1.807, 2.05) is 31.7 Å². The maximum Gasteiger partial charge on any atom is 0.271 e. The minimum atomic E-state index is -3.74. The van der Waals surface area contributed by atoms with Gasteiger partial charge >= 0.3 is 0 Å². The van der Waals surface area contributed by atoms with Crippen LogP contribution in [0.15, 0.2) is 40.6 Å². The zero-order chi connectivity index (χ0) is 19.9.